The molecule has 10 heteroatoms. The highest BCUT2D eigenvalue weighted by molar-refractivity contribution is 7.87. The first kappa shape index (κ1) is 25.8. The highest BCUT2D eigenvalue weighted by Crippen LogP contribution is 2.31. The Morgan fingerprint density at radius 3 is 2.32 bits per heavy atom. The Morgan fingerprint density at radius 2 is 1.76 bits per heavy atom. The van der Waals surface area contributed by atoms with Gasteiger partial charge in [0, 0.05) is 12.0 Å². The fraction of sp³-hybridized carbons (Fsp3) is 0.333. The van der Waals surface area contributed by atoms with E-state index in [9.17, 15) is 17.8 Å². The number of thiazole rings is 1. The molecule has 1 atom stereocenters. The van der Waals surface area contributed by atoms with Crippen LogP contribution in [0, 0.1) is 13.8 Å². The summed E-state index contributed by atoms with van der Waals surface area (Å²) in [6.07, 6.45) is 0.418. The zero-order valence-electron chi connectivity index (χ0n) is 19.6. The SMILES string of the molecule is Cc1ccc(N([C@H](Cc2nc(OC(=O)c3ccccc3)c(C)s2)CC(C)(C)N)S(=O)(=O)O)cc1. The van der Waals surface area contributed by atoms with Gasteiger partial charge in [0.2, 0.25) is 5.88 Å². The number of hydrogen-bond donors (Lipinski definition) is 2. The van der Waals surface area contributed by atoms with Gasteiger partial charge in [0.15, 0.2) is 0 Å². The average Bonchev–Trinajstić information content (AvgIpc) is 3.06. The largest absolute Gasteiger partial charge is 0.403 e. The van der Waals surface area contributed by atoms with Crippen LogP contribution >= 0.6 is 11.3 Å². The molecule has 2 aromatic carbocycles. The second kappa shape index (κ2) is 10.2. The van der Waals surface area contributed by atoms with Gasteiger partial charge in [0.1, 0.15) is 0 Å². The number of aryl methyl sites for hydroxylation is 2. The van der Waals surface area contributed by atoms with Gasteiger partial charge in [-0.2, -0.15) is 8.42 Å². The fourth-order valence-corrected chi connectivity index (χ4v) is 5.46. The molecule has 1 aromatic heterocycles. The van der Waals surface area contributed by atoms with E-state index in [1.165, 1.54) is 11.3 Å². The van der Waals surface area contributed by atoms with Gasteiger partial charge < -0.3 is 10.5 Å². The maximum atomic E-state index is 12.5. The molecule has 0 fully saturated rings. The van der Waals surface area contributed by atoms with Gasteiger partial charge in [-0.05, 0) is 58.4 Å². The number of carbonyl (C=O) groups excluding carboxylic acids is 1. The molecular formula is C24H29N3O5S2. The summed E-state index contributed by atoms with van der Waals surface area (Å²) in [6, 6.07) is 14.7. The molecule has 0 saturated carbocycles. The van der Waals surface area contributed by atoms with Crippen molar-refractivity contribution in [2.24, 2.45) is 5.73 Å². The number of rotatable bonds is 9. The summed E-state index contributed by atoms with van der Waals surface area (Å²) < 4.78 is 41.5. The van der Waals surface area contributed by atoms with Crippen LogP contribution in [0.2, 0.25) is 0 Å². The molecule has 0 bridgehead atoms. The summed E-state index contributed by atoms with van der Waals surface area (Å²) in [5.74, 6) is -0.354. The van der Waals surface area contributed by atoms with Gasteiger partial charge in [0.05, 0.1) is 27.2 Å². The summed E-state index contributed by atoms with van der Waals surface area (Å²) in [5, 5.41) is 0.559. The quantitative estimate of drug-likeness (QED) is 0.329. The van der Waals surface area contributed by atoms with Crippen molar-refractivity contribution >= 4 is 33.3 Å². The van der Waals surface area contributed by atoms with E-state index in [0.29, 0.717) is 21.1 Å². The van der Waals surface area contributed by atoms with Crippen molar-refractivity contribution in [1.82, 2.24) is 4.98 Å². The Balaban J connectivity index is 1.92. The van der Waals surface area contributed by atoms with Gasteiger partial charge in [-0.15, -0.1) is 11.3 Å². The molecule has 0 radical (unpaired) electrons. The Labute approximate surface area is 204 Å². The molecule has 0 spiro atoms. The van der Waals surface area contributed by atoms with Crippen molar-refractivity contribution in [3.8, 4) is 5.88 Å². The summed E-state index contributed by atoms with van der Waals surface area (Å²) in [7, 11) is -4.61. The third kappa shape index (κ3) is 6.86. The normalized spacial score (nSPS) is 12.9. The van der Waals surface area contributed by atoms with Crippen molar-refractivity contribution in [3.05, 3.63) is 75.6 Å². The van der Waals surface area contributed by atoms with Crippen LogP contribution in [0.4, 0.5) is 5.69 Å². The van der Waals surface area contributed by atoms with Gasteiger partial charge >= 0.3 is 16.3 Å². The number of aromatic nitrogens is 1. The van der Waals surface area contributed by atoms with E-state index in [4.69, 9.17) is 10.5 Å². The number of ether oxygens (including phenoxy) is 1. The van der Waals surface area contributed by atoms with Crippen molar-refractivity contribution in [1.29, 1.82) is 0 Å². The summed E-state index contributed by atoms with van der Waals surface area (Å²) >= 11 is 1.30. The Kier molecular flexibility index (Phi) is 7.77. The van der Waals surface area contributed by atoms with Crippen molar-refractivity contribution in [2.75, 3.05) is 4.31 Å². The molecule has 3 aromatic rings. The lowest BCUT2D eigenvalue weighted by atomic mass is 9.94. The fourth-order valence-electron chi connectivity index (χ4n) is 3.61. The predicted octanol–water partition coefficient (Wildman–Crippen LogP) is 4.33. The smallest absolute Gasteiger partial charge is 0.360 e. The van der Waals surface area contributed by atoms with Crippen LogP contribution in [-0.4, -0.2) is 35.5 Å². The van der Waals surface area contributed by atoms with Crippen LogP contribution < -0.4 is 14.8 Å². The first-order chi connectivity index (χ1) is 15.8. The molecule has 3 N–H and O–H groups in total. The molecule has 8 nitrogen and oxygen atoms in total. The van der Waals surface area contributed by atoms with E-state index in [2.05, 4.69) is 4.98 Å². The predicted molar refractivity (Wildman–Crippen MR) is 134 cm³/mol. The minimum absolute atomic E-state index is 0.169. The summed E-state index contributed by atoms with van der Waals surface area (Å²) in [5.41, 5.74) is 7.20. The number of nitrogens with zero attached hydrogens (tertiary/aromatic N) is 2. The van der Waals surface area contributed by atoms with E-state index in [1.54, 1.807) is 75.4 Å². The van der Waals surface area contributed by atoms with Gasteiger partial charge in [0.25, 0.3) is 0 Å². The lowest BCUT2D eigenvalue weighted by molar-refractivity contribution is 0.0727. The zero-order valence-corrected chi connectivity index (χ0v) is 21.2. The highest BCUT2D eigenvalue weighted by Gasteiger charge is 2.33. The van der Waals surface area contributed by atoms with Gasteiger partial charge in [-0.1, -0.05) is 35.9 Å². The van der Waals surface area contributed by atoms with Crippen LogP contribution in [0.25, 0.3) is 0 Å². The summed E-state index contributed by atoms with van der Waals surface area (Å²) in [4.78, 5) is 17.6. The number of benzene rings is 2. The molecule has 34 heavy (non-hydrogen) atoms. The zero-order chi connectivity index (χ0) is 25.1. The molecule has 3 rings (SSSR count). The Hall–Kier alpha value is -2.79. The van der Waals surface area contributed by atoms with Gasteiger partial charge in [-0.25, -0.2) is 14.1 Å². The molecule has 0 amide bonds. The van der Waals surface area contributed by atoms with Crippen molar-refractivity contribution < 1.29 is 22.5 Å². The first-order valence-corrected chi connectivity index (χ1v) is 12.9. The first-order valence-electron chi connectivity index (χ1n) is 10.7. The number of hydrogen-bond acceptors (Lipinski definition) is 7. The lowest BCUT2D eigenvalue weighted by Gasteiger charge is -2.34. The van der Waals surface area contributed by atoms with E-state index >= 15 is 0 Å². The minimum Gasteiger partial charge on any atom is -0.403 e. The Morgan fingerprint density at radius 1 is 1.15 bits per heavy atom. The summed E-state index contributed by atoms with van der Waals surface area (Å²) in [6.45, 7) is 7.24. The van der Waals surface area contributed by atoms with E-state index < -0.39 is 27.9 Å². The monoisotopic (exact) mass is 503 g/mol. The highest BCUT2D eigenvalue weighted by atomic mass is 32.2. The molecule has 0 unspecified atom stereocenters. The Bertz CT molecular complexity index is 1230. The number of anilines is 1. The number of nitrogens with two attached hydrogens (primary N) is 1. The topological polar surface area (TPSA) is 123 Å². The second-order valence-electron chi connectivity index (χ2n) is 8.88. The molecule has 0 saturated heterocycles. The molecular weight excluding hydrogens is 474 g/mol. The van der Waals surface area contributed by atoms with E-state index in [0.717, 1.165) is 9.87 Å². The standard InChI is InChI=1S/C24H29N3O5S2/c1-16-10-12-19(13-11-16)27(34(29,30)31)20(15-24(3,4)25)14-21-26-22(17(2)33-21)32-23(28)18-8-6-5-7-9-18/h5-13,20H,14-15,25H2,1-4H3,(H,29,30,31)/t20-/m1/s1. The van der Waals surface area contributed by atoms with Crippen LogP contribution in [0.15, 0.2) is 54.6 Å². The maximum absolute atomic E-state index is 12.5. The number of esters is 1. The van der Waals surface area contributed by atoms with Crippen LogP contribution in [0.3, 0.4) is 0 Å². The number of carbonyl (C=O) groups is 1. The lowest BCUT2D eigenvalue weighted by Crippen LogP contribution is -2.47. The van der Waals surface area contributed by atoms with Crippen LogP contribution in [-0.2, 0) is 16.7 Å². The van der Waals surface area contributed by atoms with Crippen molar-refractivity contribution in [2.45, 2.75) is 52.1 Å². The molecule has 1 heterocycles. The van der Waals surface area contributed by atoms with E-state index in [1.807, 2.05) is 6.92 Å². The second-order valence-corrected chi connectivity index (χ2v) is 11.5. The van der Waals surface area contributed by atoms with Crippen molar-refractivity contribution in [3.63, 3.8) is 0 Å². The van der Waals surface area contributed by atoms with Crippen LogP contribution in [0.5, 0.6) is 5.88 Å². The molecule has 182 valence electrons. The van der Waals surface area contributed by atoms with Gasteiger partial charge in [-0.3, -0.25) is 4.55 Å². The molecule has 0 aliphatic heterocycles. The molecule has 0 aliphatic carbocycles. The minimum atomic E-state index is -4.61. The average molecular weight is 504 g/mol. The third-order valence-corrected chi connectivity index (χ3v) is 7.02. The van der Waals surface area contributed by atoms with E-state index in [-0.39, 0.29) is 18.7 Å². The van der Waals surface area contributed by atoms with Crippen LogP contribution in [0.1, 0.15) is 46.1 Å². The third-order valence-electron chi connectivity index (χ3n) is 5.04. The molecule has 0 aliphatic rings. The maximum Gasteiger partial charge on any atom is 0.360 e.